The molecule has 1 atom stereocenters. The lowest BCUT2D eigenvalue weighted by atomic mass is 10.00. The minimum Gasteiger partial charge on any atom is -0.490 e. The van der Waals surface area contributed by atoms with Crippen molar-refractivity contribution in [2.24, 2.45) is 7.05 Å². The molecule has 1 fully saturated rings. The van der Waals surface area contributed by atoms with Crippen molar-refractivity contribution in [3.63, 3.8) is 0 Å². The number of carbonyl (C=O) groups excluding carboxylic acids is 1. The second-order valence-corrected chi connectivity index (χ2v) is 10.7. The highest BCUT2D eigenvalue weighted by atomic mass is 35.5. The van der Waals surface area contributed by atoms with Gasteiger partial charge in [0.25, 0.3) is 5.56 Å². The Hall–Kier alpha value is -4.74. The first-order valence-corrected chi connectivity index (χ1v) is 14.0. The van der Waals surface area contributed by atoms with Gasteiger partial charge in [-0.25, -0.2) is 9.97 Å². The van der Waals surface area contributed by atoms with E-state index in [2.05, 4.69) is 25.5 Å². The first kappa shape index (κ1) is 26.2. The molecule has 7 rings (SSSR count). The van der Waals surface area contributed by atoms with E-state index in [-0.39, 0.29) is 18.3 Å². The van der Waals surface area contributed by atoms with Crippen molar-refractivity contribution >= 4 is 45.7 Å². The number of halogens is 1. The lowest BCUT2D eigenvalue weighted by Gasteiger charge is -2.30. The van der Waals surface area contributed by atoms with Crippen LogP contribution in [0, 0.1) is 0 Å². The van der Waals surface area contributed by atoms with E-state index in [9.17, 15) is 9.59 Å². The van der Waals surface area contributed by atoms with Crippen LogP contribution in [0.25, 0.3) is 22.4 Å². The number of nitrogens with zero attached hydrogens (tertiary/aromatic N) is 6. The third kappa shape index (κ3) is 4.56. The van der Waals surface area contributed by atoms with Crippen LogP contribution in [-0.2, 0) is 7.05 Å². The van der Waals surface area contributed by atoms with Crippen LogP contribution in [0.1, 0.15) is 16.4 Å². The molecule has 2 aromatic carbocycles. The van der Waals surface area contributed by atoms with Crippen LogP contribution in [0.2, 0.25) is 5.02 Å². The molecule has 0 amide bonds. The van der Waals surface area contributed by atoms with E-state index < -0.39 is 11.6 Å². The van der Waals surface area contributed by atoms with Crippen LogP contribution in [0.15, 0.2) is 71.9 Å². The summed E-state index contributed by atoms with van der Waals surface area (Å²) in [4.78, 5) is 43.7. The first-order valence-electron chi connectivity index (χ1n) is 13.7. The van der Waals surface area contributed by atoms with Gasteiger partial charge in [0.2, 0.25) is 5.95 Å². The number of hydrogen-bond donors (Lipinski definition) is 2. The van der Waals surface area contributed by atoms with Crippen LogP contribution >= 0.6 is 11.6 Å². The number of anilines is 3. The van der Waals surface area contributed by atoms with Crippen molar-refractivity contribution in [3.05, 3.63) is 88.1 Å². The van der Waals surface area contributed by atoms with E-state index in [4.69, 9.17) is 21.3 Å². The summed E-state index contributed by atoms with van der Waals surface area (Å²) in [6.07, 6.45) is 5.01. The topological polar surface area (TPSA) is 119 Å². The summed E-state index contributed by atoms with van der Waals surface area (Å²) in [6.45, 7) is 3.57. The maximum atomic E-state index is 14.1. The van der Waals surface area contributed by atoms with Crippen molar-refractivity contribution in [2.75, 3.05) is 43.0 Å². The number of nitrogens with one attached hydrogen (secondary N) is 2. The molecule has 0 aliphatic carbocycles. The van der Waals surface area contributed by atoms with Gasteiger partial charge in [-0.3, -0.25) is 14.2 Å². The number of rotatable bonds is 5. The Bertz CT molecular complexity index is 1900. The molecule has 2 N–H and O–H groups in total. The second kappa shape index (κ2) is 10.6. The predicted octanol–water partition coefficient (Wildman–Crippen LogP) is 3.82. The van der Waals surface area contributed by atoms with Crippen LogP contribution in [0.4, 0.5) is 17.3 Å². The average molecular weight is 583 g/mol. The highest BCUT2D eigenvalue weighted by Gasteiger charge is 2.33. The number of fused-ring (bicyclic) bond motifs is 2. The normalized spacial score (nSPS) is 16.8. The fourth-order valence-electron chi connectivity index (χ4n) is 5.54. The molecule has 2 aliphatic heterocycles. The number of Topliss-reactive ketones (excluding diaryl/α,β-unsaturated/α-hetero) is 1. The molecule has 42 heavy (non-hydrogen) atoms. The third-order valence-corrected chi connectivity index (χ3v) is 7.96. The van der Waals surface area contributed by atoms with Crippen LogP contribution in [-0.4, -0.2) is 62.7 Å². The summed E-state index contributed by atoms with van der Waals surface area (Å²) in [5.41, 5.74) is 2.33. The Balaban J connectivity index is 1.31. The zero-order valence-corrected chi connectivity index (χ0v) is 23.5. The summed E-state index contributed by atoms with van der Waals surface area (Å²) in [7, 11) is 1.81. The Morgan fingerprint density at radius 2 is 1.88 bits per heavy atom. The van der Waals surface area contributed by atoms with Gasteiger partial charge in [-0.05, 0) is 36.4 Å². The highest BCUT2D eigenvalue weighted by molar-refractivity contribution is 6.33. The number of aromatic nitrogens is 5. The molecule has 11 nitrogen and oxygen atoms in total. The zero-order chi connectivity index (χ0) is 28.8. The molecule has 3 aromatic heterocycles. The van der Waals surface area contributed by atoms with E-state index in [1.54, 1.807) is 47.4 Å². The number of para-hydroxylation sites is 1. The Labute approximate surface area is 245 Å². The smallest absolute Gasteiger partial charge is 0.264 e. The fraction of sp³-hybridized carbons (Fsp3) is 0.233. The molecule has 5 aromatic rings. The minimum atomic E-state index is -0.925. The standard InChI is InChI=1S/C30H27ClN8O3/c1-37-11-10-33-28(37)21-14-18-16-34-30(35-19-6-7-23(22(31)15-19)38-12-8-32-9-13-38)36-27(18)39(29(21)41)24-17-42-25-5-3-2-4-20(25)26(24)40/h2-7,10-11,14-16,24,32H,8-9,12-13,17H2,1H3,(H,34,35,36). The van der Waals surface area contributed by atoms with E-state index in [1.165, 1.54) is 4.57 Å². The molecule has 0 bridgehead atoms. The molecule has 0 spiro atoms. The number of carbonyl (C=O) groups is 1. The number of ketones is 1. The maximum Gasteiger partial charge on any atom is 0.264 e. The minimum absolute atomic E-state index is 0.00920. The van der Waals surface area contributed by atoms with Crippen molar-refractivity contribution in [1.82, 2.24) is 29.4 Å². The number of benzene rings is 2. The van der Waals surface area contributed by atoms with E-state index in [1.807, 2.05) is 31.3 Å². The van der Waals surface area contributed by atoms with Gasteiger partial charge >= 0.3 is 0 Å². The van der Waals surface area contributed by atoms with Gasteiger partial charge in [0.05, 0.1) is 21.8 Å². The number of pyridine rings is 1. The molecule has 12 heteroatoms. The number of aryl methyl sites for hydroxylation is 1. The van der Waals surface area contributed by atoms with Gasteiger partial charge < -0.3 is 24.8 Å². The van der Waals surface area contributed by atoms with Crippen molar-refractivity contribution in [1.29, 1.82) is 0 Å². The number of piperazine rings is 1. The number of hydrogen-bond acceptors (Lipinski definition) is 9. The molecule has 1 unspecified atom stereocenters. The fourth-order valence-corrected chi connectivity index (χ4v) is 5.84. The van der Waals surface area contributed by atoms with E-state index >= 15 is 0 Å². The molecular weight excluding hydrogens is 556 g/mol. The first-order chi connectivity index (χ1) is 20.5. The van der Waals surface area contributed by atoms with E-state index in [0.717, 1.165) is 31.9 Å². The van der Waals surface area contributed by atoms with Gasteiger partial charge in [-0.15, -0.1) is 0 Å². The van der Waals surface area contributed by atoms with Crippen molar-refractivity contribution in [3.8, 4) is 17.1 Å². The van der Waals surface area contributed by atoms with Gasteiger partial charge in [0.15, 0.2) is 5.78 Å². The average Bonchev–Trinajstić information content (AvgIpc) is 3.44. The summed E-state index contributed by atoms with van der Waals surface area (Å²) in [5.74, 6) is 1.01. The predicted molar refractivity (Wildman–Crippen MR) is 161 cm³/mol. The quantitative estimate of drug-likeness (QED) is 0.319. The lowest BCUT2D eigenvalue weighted by Crippen LogP contribution is -2.43. The molecule has 2 aliphatic rings. The SMILES string of the molecule is Cn1ccnc1-c1cc2cnc(Nc3ccc(N4CCNCC4)c(Cl)c3)nc2n(C2COc3ccccc3C2=O)c1=O. The van der Waals surface area contributed by atoms with E-state index in [0.29, 0.717) is 44.4 Å². The monoisotopic (exact) mass is 582 g/mol. The zero-order valence-electron chi connectivity index (χ0n) is 22.7. The lowest BCUT2D eigenvalue weighted by molar-refractivity contribution is 0.0841. The Kier molecular flexibility index (Phi) is 6.60. The van der Waals surface area contributed by atoms with Crippen molar-refractivity contribution < 1.29 is 9.53 Å². The largest absolute Gasteiger partial charge is 0.490 e. The molecule has 5 heterocycles. The molecule has 0 saturated carbocycles. The summed E-state index contributed by atoms with van der Waals surface area (Å²) in [6, 6.07) is 13.5. The molecule has 1 saturated heterocycles. The van der Waals surface area contributed by atoms with Crippen LogP contribution < -0.4 is 25.8 Å². The number of imidazole rings is 1. The summed E-state index contributed by atoms with van der Waals surface area (Å²) >= 11 is 6.66. The Morgan fingerprint density at radius 1 is 1.05 bits per heavy atom. The molecular formula is C30H27ClN8O3. The van der Waals surface area contributed by atoms with Gasteiger partial charge in [-0.1, -0.05) is 23.7 Å². The van der Waals surface area contributed by atoms with Gasteiger partial charge in [0.1, 0.15) is 29.9 Å². The maximum absolute atomic E-state index is 14.1. The number of ether oxygens (including phenoxy) is 1. The van der Waals surface area contributed by atoms with Crippen molar-refractivity contribution in [2.45, 2.75) is 6.04 Å². The van der Waals surface area contributed by atoms with Gasteiger partial charge in [-0.2, -0.15) is 4.98 Å². The Morgan fingerprint density at radius 3 is 2.67 bits per heavy atom. The summed E-state index contributed by atoms with van der Waals surface area (Å²) < 4.78 is 9.10. The third-order valence-electron chi connectivity index (χ3n) is 7.66. The van der Waals surface area contributed by atoms with Gasteiger partial charge in [0, 0.05) is 62.9 Å². The van der Waals surface area contributed by atoms with Crippen LogP contribution in [0.5, 0.6) is 5.75 Å². The summed E-state index contributed by atoms with van der Waals surface area (Å²) in [5, 5.41) is 7.75. The molecule has 0 radical (unpaired) electrons. The van der Waals surface area contributed by atoms with Crippen LogP contribution in [0.3, 0.4) is 0 Å². The second-order valence-electron chi connectivity index (χ2n) is 10.3. The molecule has 212 valence electrons. The highest BCUT2D eigenvalue weighted by Crippen LogP contribution is 2.33.